The predicted molar refractivity (Wildman–Crippen MR) is 145 cm³/mol. The highest BCUT2D eigenvalue weighted by Crippen LogP contribution is 2.38. The SMILES string of the molecule is C#CCOc1ccccc1/C=c1\sc2n(c1=O)[C@@H](c1cc(OC)ccc1OC)C(C(=O)OC(C)C)=C(C)N=2. The molecule has 1 atom stereocenters. The van der Waals surface area contributed by atoms with E-state index >= 15 is 0 Å². The van der Waals surface area contributed by atoms with Gasteiger partial charge in [0.15, 0.2) is 4.80 Å². The third-order valence-electron chi connectivity index (χ3n) is 5.83. The van der Waals surface area contributed by atoms with E-state index in [1.54, 1.807) is 58.2 Å². The number of rotatable bonds is 8. The number of para-hydroxylation sites is 1. The molecule has 0 unspecified atom stereocenters. The molecule has 8 nitrogen and oxygen atoms in total. The van der Waals surface area contributed by atoms with Gasteiger partial charge in [0.05, 0.1) is 36.1 Å². The number of ether oxygens (including phenoxy) is 4. The van der Waals surface area contributed by atoms with Crippen LogP contribution >= 0.6 is 11.3 Å². The summed E-state index contributed by atoms with van der Waals surface area (Å²) in [5.41, 5.74) is 1.65. The summed E-state index contributed by atoms with van der Waals surface area (Å²) in [5, 5.41) is 0. The molecule has 0 radical (unpaired) electrons. The molecule has 0 fully saturated rings. The van der Waals surface area contributed by atoms with Crippen molar-refractivity contribution in [2.75, 3.05) is 20.8 Å². The van der Waals surface area contributed by atoms with Gasteiger partial charge in [-0.1, -0.05) is 35.5 Å². The molecular formula is C29H28N2O6S. The first kappa shape index (κ1) is 26.8. The fourth-order valence-corrected chi connectivity index (χ4v) is 5.24. The number of methoxy groups -OCH3 is 2. The Kier molecular flexibility index (Phi) is 8.03. The molecule has 0 saturated carbocycles. The van der Waals surface area contributed by atoms with Crippen LogP contribution in [0, 0.1) is 12.3 Å². The maximum atomic E-state index is 13.9. The molecule has 0 aliphatic carbocycles. The summed E-state index contributed by atoms with van der Waals surface area (Å²) in [6.07, 6.45) is 6.73. The van der Waals surface area contributed by atoms with E-state index in [2.05, 4.69) is 10.9 Å². The van der Waals surface area contributed by atoms with Crippen molar-refractivity contribution in [2.45, 2.75) is 32.9 Å². The zero-order valence-electron chi connectivity index (χ0n) is 21.8. The quantitative estimate of drug-likeness (QED) is 0.327. The third-order valence-corrected chi connectivity index (χ3v) is 6.82. The van der Waals surface area contributed by atoms with Crippen LogP contribution in [0.25, 0.3) is 6.08 Å². The number of thiazole rings is 1. The summed E-state index contributed by atoms with van der Waals surface area (Å²) in [7, 11) is 3.08. The topological polar surface area (TPSA) is 88.3 Å². The lowest BCUT2D eigenvalue weighted by atomic mass is 9.94. The molecule has 1 aliphatic heterocycles. The fraction of sp³-hybridized carbons (Fsp3) is 0.276. The molecule has 38 heavy (non-hydrogen) atoms. The predicted octanol–water partition coefficient (Wildman–Crippen LogP) is 3.22. The Morgan fingerprint density at radius 1 is 1.18 bits per heavy atom. The Hall–Kier alpha value is -4.29. The van der Waals surface area contributed by atoms with Crippen molar-refractivity contribution in [1.29, 1.82) is 0 Å². The number of carbonyl (C=O) groups excluding carboxylic acids is 1. The molecule has 2 heterocycles. The van der Waals surface area contributed by atoms with Gasteiger partial charge in [0.1, 0.15) is 29.9 Å². The van der Waals surface area contributed by atoms with Crippen LogP contribution in [-0.4, -0.2) is 37.5 Å². The van der Waals surface area contributed by atoms with E-state index in [-0.39, 0.29) is 23.8 Å². The summed E-state index contributed by atoms with van der Waals surface area (Å²) < 4.78 is 24.2. The number of aromatic nitrogens is 1. The van der Waals surface area contributed by atoms with Gasteiger partial charge in [-0.15, -0.1) is 6.42 Å². The van der Waals surface area contributed by atoms with Crippen molar-refractivity contribution in [3.63, 3.8) is 0 Å². The Morgan fingerprint density at radius 3 is 2.63 bits per heavy atom. The average Bonchev–Trinajstić information content (AvgIpc) is 3.20. The average molecular weight is 533 g/mol. The number of hydrogen-bond acceptors (Lipinski definition) is 8. The zero-order chi connectivity index (χ0) is 27.4. The normalized spacial score (nSPS) is 15.0. The van der Waals surface area contributed by atoms with Crippen LogP contribution in [0.3, 0.4) is 0 Å². The van der Waals surface area contributed by atoms with Crippen molar-refractivity contribution in [3.8, 4) is 29.6 Å². The highest BCUT2D eigenvalue weighted by atomic mass is 32.1. The zero-order valence-corrected chi connectivity index (χ0v) is 22.6. The molecular weight excluding hydrogens is 504 g/mol. The minimum Gasteiger partial charge on any atom is -0.497 e. The number of terminal acetylenes is 1. The van der Waals surface area contributed by atoms with Gasteiger partial charge in [-0.2, -0.15) is 0 Å². The second-order valence-electron chi connectivity index (χ2n) is 8.67. The largest absolute Gasteiger partial charge is 0.497 e. The van der Waals surface area contributed by atoms with E-state index in [4.69, 9.17) is 25.4 Å². The molecule has 0 bridgehead atoms. The Morgan fingerprint density at radius 2 is 1.95 bits per heavy atom. The monoisotopic (exact) mass is 532 g/mol. The van der Waals surface area contributed by atoms with E-state index in [1.165, 1.54) is 23.0 Å². The lowest BCUT2D eigenvalue weighted by Crippen LogP contribution is -2.40. The molecule has 0 N–H and O–H groups in total. The Labute approximate surface area is 224 Å². The Balaban J connectivity index is 1.99. The molecule has 196 valence electrons. The highest BCUT2D eigenvalue weighted by Gasteiger charge is 2.35. The maximum Gasteiger partial charge on any atom is 0.338 e. The molecule has 2 aromatic carbocycles. The van der Waals surface area contributed by atoms with Crippen LogP contribution in [0.4, 0.5) is 0 Å². The minimum absolute atomic E-state index is 0.0995. The minimum atomic E-state index is -0.849. The first-order chi connectivity index (χ1) is 18.3. The number of allylic oxidation sites excluding steroid dienone is 1. The third kappa shape index (κ3) is 5.22. The summed E-state index contributed by atoms with van der Waals surface area (Å²) in [6.45, 7) is 5.37. The number of esters is 1. The first-order valence-electron chi connectivity index (χ1n) is 11.9. The molecule has 0 saturated heterocycles. The number of fused-ring (bicyclic) bond motifs is 1. The first-order valence-corrected chi connectivity index (χ1v) is 12.7. The standard InChI is InChI=1S/C29H28N2O6S/c1-7-14-36-22-11-9-8-10-19(22)15-24-27(32)31-26(21-16-20(34-5)12-13-23(21)35-6)25(28(33)37-17(2)3)18(4)30-29(31)38-24/h1,8-13,15-17,26H,14H2,2-6H3/b24-15-/t26-/m0/s1. The van der Waals surface area contributed by atoms with E-state index < -0.39 is 12.0 Å². The van der Waals surface area contributed by atoms with Crippen LogP contribution in [0.5, 0.6) is 17.2 Å². The molecule has 0 spiro atoms. The van der Waals surface area contributed by atoms with E-state index in [0.29, 0.717) is 43.4 Å². The number of carbonyl (C=O) groups is 1. The van der Waals surface area contributed by atoms with Crippen LogP contribution in [0.15, 0.2) is 63.5 Å². The van der Waals surface area contributed by atoms with Crippen LogP contribution in [-0.2, 0) is 9.53 Å². The highest BCUT2D eigenvalue weighted by molar-refractivity contribution is 7.07. The second-order valence-corrected chi connectivity index (χ2v) is 9.68. The molecule has 0 amide bonds. The van der Waals surface area contributed by atoms with Crippen molar-refractivity contribution >= 4 is 23.4 Å². The molecule has 4 rings (SSSR count). The summed E-state index contributed by atoms with van der Waals surface area (Å²) in [4.78, 5) is 32.4. The van der Waals surface area contributed by atoms with E-state index in [0.717, 1.165) is 0 Å². The molecule has 1 aliphatic rings. The van der Waals surface area contributed by atoms with Crippen LogP contribution in [0.1, 0.15) is 37.9 Å². The maximum absolute atomic E-state index is 13.9. The Bertz CT molecular complexity index is 1620. The van der Waals surface area contributed by atoms with Crippen LogP contribution in [0.2, 0.25) is 0 Å². The van der Waals surface area contributed by atoms with E-state index in [1.807, 2.05) is 18.2 Å². The number of hydrogen-bond donors (Lipinski definition) is 0. The molecule has 1 aromatic heterocycles. The lowest BCUT2D eigenvalue weighted by Gasteiger charge is -2.26. The summed E-state index contributed by atoms with van der Waals surface area (Å²) in [6, 6.07) is 11.7. The van der Waals surface area contributed by atoms with Gasteiger partial charge in [-0.25, -0.2) is 9.79 Å². The van der Waals surface area contributed by atoms with Gasteiger partial charge in [-0.3, -0.25) is 9.36 Å². The van der Waals surface area contributed by atoms with Gasteiger partial charge in [0, 0.05) is 11.1 Å². The summed E-state index contributed by atoms with van der Waals surface area (Å²) in [5.74, 6) is 3.49. The van der Waals surface area contributed by atoms with Gasteiger partial charge in [-0.05, 0) is 51.1 Å². The van der Waals surface area contributed by atoms with Crippen molar-refractivity contribution < 1.29 is 23.7 Å². The molecule has 3 aromatic rings. The fourth-order valence-electron chi connectivity index (χ4n) is 4.20. The van der Waals surface area contributed by atoms with Gasteiger partial charge in [0.25, 0.3) is 5.56 Å². The van der Waals surface area contributed by atoms with Gasteiger partial charge < -0.3 is 18.9 Å². The second kappa shape index (κ2) is 11.4. The number of benzene rings is 2. The smallest absolute Gasteiger partial charge is 0.338 e. The number of nitrogens with zero attached hydrogens (tertiary/aromatic N) is 2. The lowest BCUT2D eigenvalue weighted by molar-refractivity contribution is -0.143. The molecule has 9 heteroatoms. The van der Waals surface area contributed by atoms with Gasteiger partial charge >= 0.3 is 5.97 Å². The van der Waals surface area contributed by atoms with Crippen molar-refractivity contribution in [3.05, 3.63) is 84.5 Å². The van der Waals surface area contributed by atoms with Crippen molar-refractivity contribution in [2.24, 2.45) is 4.99 Å². The van der Waals surface area contributed by atoms with Gasteiger partial charge in [0.2, 0.25) is 0 Å². The van der Waals surface area contributed by atoms with E-state index in [9.17, 15) is 9.59 Å². The van der Waals surface area contributed by atoms with Crippen LogP contribution < -0.4 is 29.1 Å². The van der Waals surface area contributed by atoms with Crippen molar-refractivity contribution in [1.82, 2.24) is 4.57 Å². The summed E-state index contributed by atoms with van der Waals surface area (Å²) >= 11 is 1.22.